The molecule has 0 radical (unpaired) electrons. The Morgan fingerprint density at radius 1 is 1.50 bits per heavy atom. The van der Waals surface area contributed by atoms with E-state index in [1.54, 1.807) is 0 Å². The van der Waals surface area contributed by atoms with Crippen molar-refractivity contribution in [1.29, 1.82) is 0 Å². The van der Waals surface area contributed by atoms with Crippen molar-refractivity contribution in [3.05, 3.63) is 46.4 Å². The van der Waals surface area contributed by atoms with E-state index in [1.807, 2.05) is 0 Å². The van der Waals surface area contributed by atoms with Gasteiger partial charge in [0.15, 0.2) is 0 Å². The number of aromatic nitrogens is 3. The lowest BCUT2D eigenvalue weighted by atomic mass is 10.2. The number of carboxylic acid groups (broad SMARTS) is 1. The molecule has 0 aliphatic heterocycles. The van der Waals surface area contributed by atoms with Gasteiger partial charge in [-0.25, -0.2) is 23.6 Å². The summed E-state index contributed by atoms with van der Waals surface area (Å²) in [6, 6.07) is 3.26. The molecule has 2 aromatic rings. The van der Waals surface area contributed by atoms with Crippen molar-refractivity contribution in [3.63, 3.8) is 0 Å². The molecule has 0 amide bonds. The van der Waals surface area contributed by atoms with Crippen LogP contribution in [-0.2, 0) is 0 Å². The predicted octanol–water partition coefficient (Wildman–Crippen LogP) is 0.398. The molecule has 2 rings (SSSR count). The average Bonchev–Trinajstić information content (AvgIpc) is 2.64. The summed E-state index contributed by atoms with van der Waals surface area (Å²) in [5, 5.41) is 14.2. The van der Waals surface area contributed by atoms with Crippen LogP contribution in [0.15, 0.2) is 29.3 Å². The molecule has 1 aromatic carbocycles. The quantitative estimate of drug-likeness (QED) is 0.771. The van der Waals surface area contributed by atoms with Gasteiger partial charge in [-0.15, -0.1) is 0 Å². The summed E-state index contributed by atoms with van der Waals surface area (Å²) < 4.78 is 14.4. The molecule has 1 aromatic heterocycles. The molecule has 82 valence electrons. The number of rotatable bonds is 2. The molecular weight excluding hydrogens is 217 g/mol. The second kappa shape index (κ2) is 3.61. The summed E-state index contributed by atoms with van der Waals surface area (Å²) in [5.74, 6) is -2.03. The van der Waals surface area contributed by atoms with E-state index in [0.717, 1.165) is 17.0 Å². The van der Waals surface area contributed by atoms with Crippen LogP contribution in [0.25, 0.3) is 5.69 Å². The molecule has 16 heavy (non-hydrogen) atoms. The fraction of sp³-hybridized carbons (Fsp3) is 0. The highest BCUT2D eigenvalue weighted by atomic mass is 19.1. The Balaban J connectivity index is 2.57. The van der Waals surface area contributed by atoms with Crippen LogP contribution in [0.2, 0.25) is 0 Å². The highest BCUT2D eigenvalue weighted by Crippen LogP contribution is 2.13. The van der Waals surface area contributed by atoms with Gasteiger partial charge < -0.3 is 5.11 Å². The van der Waals surface area contributed by atoms with Gasteiger partial charge in [-0.2, -0.15) is 5.10 Å². The van der Waals surface area contributed by atoms with Crippen LogP contribution in [-0.4, -0.2) is 25.8 Å². The molecule has 0 fully saturated rings. The van der Waals surface area contributed by atoms with Crippen molar-refractivity contribution in [2.45, 2.75) is 0 Å². The van der Waals surface area contributed by atoms with Crippen LogP contribution in [0.5, 0.6) is 0 Å². The standard InChI is InChI=1S/C9H6FN3O3/c10-6-3-5(8(14)15)1-2-7(6)13-4-11-12-9(13)16/h1-4H,(H,12,16)(H,14,15). The van der Waals surface area contributed by atoms with Gasteiger partial charge in [-0.3, -0.25) is 0 Å². The Labute approximate surface area is 88.0 Å². The third-order valence-corrected chi connectivity index (χ3v) is 2.01. The molecule has 0 spiro atoms. The van der Waals surface area contributed by atoms with Crippen molar-refractivity contribution in [2.24, 2.45) is 0 Å². The molecule has 1 heterocycles. The van der Waals surface area contributed by atoms with Crippen molar-refractivity contribution >= 4 is 5.97 Å². The van der Waals surface area contributed by atoms with Gasteiger partial charge in [-0.1, -0.05) is 0 Å². The monoisotopic (exact) mass is 223 g/mol. The first-order valence-corrected chi connectivity index (χ1v) is 4.25. The number of H-pyrrole nitrogens is 1. The van der Waals surface area contributed by atoms with E-state index in [4.69, 9.17) is 5.11 Å². The summed E-state index contributed by atoms with van der Waals surface area (Å²) >= 11 is 0. The Morgan fingerprint density at radius 3 is 2.75 bits per heavy atom. The number of nitrogens with one attached hydrogen (secondary N) is 1. The topological polar surface area (TPSA) is 88.0 Å². The lowest BCUT2D eigenvalue weighted by molar-refractivity contribution is 0.0696. The van der Waals surface area contributed by atoms with E-state index < -0.39 is 17.5 Å². The van der Waals surface area contributed by atoms with Gasteiger partial charge in [-0.05, 0) is 18.2 Å². The average molecular weight is 223 g/mol. The van der Waals surface area contributed by atoms with Crippen molar-refractivity contribution in [2.75, 3.05) is 0 Å². The van der Waals surface area contributed by atoms with E-state index in [-0.39, 0.29) is 11.3 Å². The van der Waals surface area contributed by atoms with E-state index in [1.165, 1.54) is 12.1 Å². The predicted molar refractivity (Wildman–Crippen MR) is 51.1 cm³/mol. The number of hydrogen-bond donors (Lipinski definition) is 2. The van der Waals surface area contributed by atoms with E-state index in [9.17, 15) is 14.0 Å². The number of carbonyl (C=O) groups is 1. The third kappa shape index (κ3) is 1.58. The molecule has 0 bridgehead atoms. The van der Waals surface area contributed by atoms with Crippen LogP contribution < -0.4 is 5.69 Å². The minimum absolute atomic E-state index is 0.0521. The van der Waals surface area contributed by atoms with Crippen molar-refractivity contribution in [3.8, 4) is 5.69 Å². The summed E-state index contributed by atoms with van der Waals surface area (Å²) in [4.78, 5) is 21.7. The number of nitrogens with zero attached hydrogens (tertiary/aromatic N) is 2. The van der Waals surface area contributed by atoms with Gasteiger partial charge in [0, 0.05) is 0 Å². The van der Waals surface area contributed by atoms with E-state index >= 15 is 0 Å². The summed E-state index contributed by atoms with van der Waals surface area (Å²) in [6.45, 7) is 0. The van der Waals surface area contributed by atoms with Gasteiger partial charge >= 0.3 is 11.7 Å². The molecule has 0 aliphatic carbocycles. The molecule has 0 saturated carbocycles. The molecule has 0 unspecified atom stereocenters. The minimum atomic E-state index is -1.23. The van der Waals surface area contributed by atoms with Gasteiger partial charge in [0.25, 0.3) is 0 Å². The van der Waals surface area contributed by atoms with Crippen LogP contribution in [0.3, 0.4) is 0 Å². The second-order valence-corrected chi connectivity index (χ2v) is 3.00. The highest BCUT2D eigenvalue weighted by Gasteiger charge is 2.11. The van der Waals surface area contributed by atoms with Gasteiger partial charge in [0.05, 0.1) is 11.3 Å². The summed E-state index contributed by atoms with van der Waals surface area (Å²) in [7, 11) is 0. The smallest absolute Gasteiger partial charge is 0.347 e. The van der Waals surface area contributed by atoms with Crippen LogP contribution >= 0.6 is 0 Å². The minimum Gasteiger partial charge on any atom is -0.478 e. The van der Waals surface area contributed by atoms with Crippen molar-refractivity contribution in [1.82, 2.24) is 14.8 Å². The Bertz CT molecular complexity index is 602. The molecule has 0 saturated heterocycles. The normalized spacial score (nSPS) is 10.3. The number of aromatic carboxylic acids is 1. The maximum Gasteiger partial charge on any atom is 0.347 e. The van der Waals surface area contributed by atoms with Crippen LogP contribution in [0, 0.1) is 5.82 Å². The fourth-order valence-electron chi connectivity index (χ4n) is 1.26. The lowest BCUT2D eigenvalue weighted by Gasteiger charge is -2.02. The first-order chi connectivity index (χ1) is 7.59. The number of benzene rings is 1. The zero-order valence-electron chi connectivity index (χ0n) is 7.85. The highest BCUT2D eigenvalue weighted by molar-refractivity contribution is 5.87. The molecule has 7 heteroatoms. The van der Waals surface area contributed by atoms with Gasteiger partial charge in [0.1, 0.15) is 12.1 Å². The maximum atomic E-state index is 13.5. The van der Waals surface area contributed by atoms with Crippen LogP contribution in [0.1, 0.15) is 10.4 Å². The molecule has 2 N–H and O–H groups in total. The maximum absolute atomic E-state index is 13.5. The zero-order valence-corrected chi connectivity index (χ0v) is 7.85. The third-order valence-electron chi connectivity index (χ3n) is 2.01. The Kier molecular flexibility index (Phi) is 2.28. The molecule has 6 nitrogen and oxygen atoms in total. The van der Waals surface area contributed by atoms with Crippen molar-refractivity contribution < 1.29 is 14.3 Å². The first-order valence-electron chi connectivity index (χ1n) is 4.25. The number of aromatic amines is 1. The Morgan fingerprint density at radius 2 is 2.25 bits per heavy atom. The second-order valence-electron chi connectivity index (χ2n) is 3.00. The van der Waals surface area contributed by atoms with E-state index in [2.05, 4.69) is 10.2 Å². The van der Waals surface area contributed by atoms with Gasteiger partial charge in [0.2, 0.25) is 0 Å². The SMILES string of the molecule is O=C(O)c1ccc(-n2cn[nH]c2=O)c(F)c1. The molecule has 0 aliphatic rings. The van der Waals surface area contributed by atoms with Crippen LogP contribution in [0.4, 0.5) is 4.39 Å². The first kappa shape index (κ1) is 10.1. The molecular formula is C9H6FN3O3. The lowest BCUT2D eigenvalue weighted by Crippen LogP contribution is -2.15. The Hall–Kier alpha value is -2.44. The van der Waals surface area contributed by atoms with E-state index in [0.29, 0.717) is 0 Å². The number of hydrogen-bond acceptors (Lipinski definition) is 3. The zero-order chi connectivity index (χ0) is 11.7. The summed E-state index contributed by atoms with van der Waals surface area (Å²) in [5.41, 5.74) is -0.830. The largest absolute Gasteiger partial charge is 0.478 e. The number of carboxylic acids is 1. The summed E-state index contributed by atoms with van der Waals surface area (Å²) in [6.07, 6.45) is 1.11. The molecule has 0 atom stereocenters. The fourth-order valence-corrected chi connectivity index (χ4v) is 1.26. The number of halogens is 1.